The minimum atomic E-state index is -0.747. The number of carbonyl (C=O) groups is 2. The summed E-state index contributed by atoms with van der Waals surface area (Å²) in [5.74, 6) is -0.817. The highest BCUT2D eigenvalue weighted by molar-refractivity contribution is 5.69. The Labute approximate surface area is 204 Å². The van der Waals surface area contributed by atoms with Crippen LogP contribution in [0.25, 0.3) is 0 Å². The van der Waals surface area contributed by atoms with Crippen molar-refractivity contribution in [1.29, 1.82) is 0 Å². The molecule has 0 amide bonds. The number of rotatable bonds is 25. The van der Waals surface area contributed by atoms with Gasteiger partial charge in [-0.15, -0.1) is 0 Å². The van der Waals surface area contributed by atoms with Crippen LogP contribution < -0.4 is 0 Å². The Balaban J connectivity index is 3.96. The van der Waals surface area contributed by atoms with Crippen molar-refractivity contribution in [3.05, 3.63) is 12.2 Å². The molecule has 1 atom stereocenters. The van der Waals surface area contributed by atoms with Gasteiger partial charge >= 0.3 is 11.9 Å². The van der Waals surface area contributed by atoms with E-state index in [4.69, 9.17) is 9.84 Å². The first kappa shape index (κ1) is 31.7. The maximum Gasteiger partial charge on any atom is 0.306 e. The first-order valence-electron chi connectivity index (χ1n) is 14.2. The van der Waals surface area contributed by atoms with E-state index in [0.29, 0.717) is 12.8 Å². The van der Waals surface area contributed by atoms with Crippen LogP contribution in [0.15, 0.2) is 12.2 Å². The summed E-state index contributed by atoms with van der Waals surface area (Å²) in [6.45, 7) is 4.46. The van der Waals surface area contributed by atoms with Crippen LogP contribution in [0.3, 0.4) is 0 Å². The largest absolute Gasteiger partial charge is 0.481 e. The molecule has 1 unspecified atom stereocenters. The van der Waals surface area contributed by atoms with Gasteiger partial charge in [-0.3, -0.25) is 9.59 Å². The van der Waals surface area contributed by atoms with Crippen LogP contribution in [0.1, 0.15) is 155 Å². The standard InChI is InChI=1S/C29H54O4/c1-3-5-7-9-11-12-13-14-16-18-20-26-29(32)33-27(24-21-22-25-28(30)31)23-19-17-15-10-8-6-4-2/h9,11,27H,3-8,10,12-26H2,1-2H3,(H,30,31)/b11-9-. The van der Waals surface area contributed by atoms with E-state index >= 15 is 0 Å². The quantitative estimate of drug-likeness (QED) is 0.0827. The molecule has 0 aromatic heterocycles. The van der Waals surface area contributed by atoms with Crippen molar-refractivity contribution in [2.45, 2.75) is 161 Å². The van der Waals surface area contributed by atoms with Crippen molar-refractivity contribution in [2.24, 2.45) is 0 Å². The van der Waals surface area contributed by atoms with Crippen LogP contribution in [0.4, 0.5) is 0 Å². The number of hydrogen-bond donors (Lipinski definition) is 1. The van der Waals surface area contributed by atoms with E-state index in [2.05, 4.69) is 26.0 Å². The van der Waals surface area contributed by atoms with E-state index < -0.39 is 5.97 Å². The molecule has 0 spiro atoms. The molecule has 0 aliphatic heterocycles. The third-order valence-electron chi connectivity index (χ3n) is 6.24. The zero-order valence-electron chi connectivity index (χ0n) is 22.0. The molecule has 0 saturated heterocycles. The Bertz CT molecular complexity index is 472. The molecule has 0 aliphatic carbocycles. The summed E-state index contributed by atoms with van der Waals surface area (Å²) in [6, 6.07) is 0. The van der Waals surface area contributed by atoms with Crippen LogP contribution >= 0.6 is 0 Å². The highest BCUT2D eigenvalue weighted by atomic mass is 16.5. The van der Waals surface area contributed by atoms with Crippen LogP contribution in [-0.4, -0.2) is 23.1 Å². The molecule has 0 aromatic rings. The van der Waals surface area contributed by atoms with Crippen molar-refractivity contribution < 1.29 is 19.4 Å². The third kappa shape index (κ3) is 25.1. The number of allylic oxidation sites excluding steroid dienone is 2. The SMILES string of the molecule is CCCC/C=C\CCCCCCCC(=O)OC(CCCCCCCCC)CCCCC(=O)O. The van der Waals surface area contributed by atoms with Crippen molar-refractivity contribution in [2.75, 3.05) is 0 Å². The van der Waals surface area contributed by atoms with E-state index in [-0.39, 0.29) is 18.5 Å². The second-order valence-electron chi connectivity index (χ2n) is 9.58. The third-order valence-corrected chi connectivity index (χ3v) is 6.24. The van der Waals surface area contributed by atoms with Gasteiger partial charge in [-0.25, -0.2) is 0 Å². The number of carboxylic acid groups (broad SMARTS) is 1. The van der Waals surface area contributed by atoms with Gasteiger partial charge in [-0.2, -0.15) is 0 Å². The van der Waals surface area contributed by atoms with Crippen molar-refractivity contribution >= 4 is 11.9 Å². The van der Waals surface area contributed by atoms with Gasteiger partial charge in [0.1, 0.15) is 6.10 Å². The smallest absolute Gasteiger partial charge is 0.306 e. The van der Waals surface area contributed by atoms with Gasteiger partial charge < -0.3 is 9.84 Å². The highest BCUT2D eigenvalue weighted by Gasteiger charge is 2.14. The number of ether oxygens (including phenoxy) is 1. The van der Waals surface area contributed by atoms with E-state index in [1.807, 2.05) is 0 Å². The summed E-state index contributed by atoms with van der Waals surface area (Å²) in [6.07, 6.45) is 27.8. The maximum atomic E-state index is 12.3. The van der Waals surface area contributed by atoms with Crippen molar-refractivity contribution in [3.63, 3.8) is 0 Å². The minimum absolute atomic E-state index is 0.0403. The Morgan fingerprint density at radius 1 is 0.636 bits per heavy atom. The minimum Gasteiger partial charge on any atom is -0.481 e. The molecule has 0 aromatic carbocycles. The number of aliphatic carboxylic acids is 1. The number of carbonyl (C=O) groups excluding carboxylic acids is 1. The summed E-state index contributed by atoms with van der Waals surface area (Å²) in [4.78, 5) is 23.1. The monoisotopic (exact) mass is 466 g/mol. The Kier molecular flexibility index (Phi) is 24.3. The predicted octanol–water partition coefficient (Wildman–Crippen LogP) is 9.16. The zero-order chi connectivity index (χ0) is 24.4. The average molecular weight is 467 g/mol. The summed E-state index contributed by atoms with van der Waals surface area (Å²) in [5.41, 5.74) is 0. The lowest BCUT2D eigenvalue weighted by Crippen LogP contribution is -2.18. The zero-order valence-corrected chi connectivity index (χ0v) is 22.0. The fraction of sp³-hybridized carbons (Fsp3) is 0.862. The summed E-state index contributed by atoms with van der Waals surface area (Å²) < 4.78 is 5.80. The van der Waals surface area contributed by atoms with E-state index in [1.165, 1.54) is 83.5 Å². The van der Waals surface area contributed by atoms with Crippen molar-refractivity contribution in [3.8, 4) is 0 Å². The molecule has 0 rings (SSSR count). The van der Waals surface area contributed by atoms with E-state index in [1.54, 1.807) is 0 Å². The molecule has 0 aliphatic rings. The molecular formula is C29H54O4. The Hall–Kier alpha value is -1.32. The second kappa shape index (κ2) is 25.3. The predicted molar refractivity (Wildman–Crippen MR) is 140 cm³/mol. The second-order valence-corrected chi connectivity index (χ2v) is 9.58. The summed E-state index contributed by atoms with van der Waals surface area (Å²) in [7, 11) is 0. The molecule has 0 saturated carbocycles. The first-order valence-corrected chi connectivity index (χ1v) is 14.2. The van der Waals surface area contributed by atoms with Gasteiger partial charge in [-0.1, -0.05) is 96.6 Å². The van der Waals surface area contributed by atoms with Gasteiger partial charge in [0.05, 0.1) is 0 Å². The number of unbranched alkanes of at least 4 members (excludes halogenated alkanes) is 14. The topological polar surface area (TPSA) is 63.6 Å². The fourth-order valence-corrected chi connectivity index (χ4v) is 4.10. The molecule has 4 nitrogen and oxygen atoms in total. The molecule has 1 N–H and O–H groups in total. The summed E-state index contributed by atoms with van der Waals surface area (Å²) in [5, 5.41) is 8.83. The van der Waals surface area contributed by atoms with Gasteiger partial charge in [0.25, 0.3) is 0 Å². The van der Waals surface area contributed by atoms with Crippen molar-refractivity contribution in [1.82, 2.24) is 0 Å². The average Bonchev–Trinajstić information content (AvgIpc) is 2.79. The van der Waals surface area contributed by atoms with Gasteiger partial charge in [0.15, 0.2) is 0 Å². The number of hydrogen-bond acceptors (Lipinski definition) is 3. The normalized spacial score (nSPS) is 12.3. The molecule has 0 bridgehead atoms. The molecule has 4 heteroatoms. The van der Waals surface area contributed by atoms with Crippen LogP contribution in [0, 0.1) is 0 Å². The molecule has 0 radical (unpaired) electrons. The Morgan fingerprint density at radius 2 is 1.12 bits per heavy atom. The fourth-order valence-electron chi connectivity index (χ4n) is 4.10. The number of esters is 1. The van der Waals surface area contributed by atoms with Crippen LogP contribution in [-0.2, 0) is 14.3 Å². The van der Waals surface area contributed by atoms with Gasteiger partial charge in [0, 0.05) is 12.8 Å². The lowest BCUT2D eigenvalue weighted by molar-refractivity contribution is -0.150. The Morgan fingerprint density at radius 3 is 1.76 bits per heavy atom. The van der Waals surface area contributed by atoms with E-state index in [0.717, 1.165) is 38.5 Å². The van der Waals surface area contributed by atoms with Crippen LogP contribution in [0.5, 0.6) is 0 Å². The lowest BCUT2D eigenvalue weighted by atomic mass is 10.0. The van der Waals surface area contributed by atoms with Gasteiger partial charge in [0.2, 0.25) is 0 Å². The number of carboxylic acids is 1. The summed E-state index contributed by atoms with van der Waals surface area (Å²) >= 11 is 0. The molecule has 0 fully saturated rings. The van der Waals surface area contributed by atoms with Gasteiger partial charge in [-0.05, 0) is 57.8 Å². The lowest BCUT2D eigenvalue weighted by Gasteiger charge is -2.18. The molecular weight excluding hydrogens is 412 g/mol. The van der Waals surface area contributed by atoms with Crippen LogP contribution in [0.2, 0.25) is 0 Å². The van der Waals surface area contributed by atoms with E-state index in [9.17, 15) is 9.59 Å². The maximum absolute atomic E-state index is 12.3. The first-order chi connectivity index (χ1) is 16.1. The highest BCUT2D eigenvalue weighted by Crippen LogP contribution is 2.17. The molecule has 0 heterocycles. The molecule has 194 valence electrons. The molecule has 33 heavy (non-hydrogen) atoms.